The van der Waals surface area contributed by atoms with Crippen LogP contribution in [0.2, 0.25) is 0 Å². The number of anilines is 1. The summed E-state index contributed by atoms with van der Waals surface area (Å²) in [7, 11) is -4.36. The van der Waals surface area contributed by atoms with Crippen molar-refractivity contribution >= 4 is 43.5 Å². The Kier molecular flexibility index (Phi) is 10.1. The Labute approximate surface area is 253 Å². The zero-order chi connectivity index (χ0) is 30.4. The van der Waals surface area contributed by atoms with Crippen LogP contribution in [0.15, 0.2) is 76.1 Å². The predicted octanol–water partition coefficient (Wildman–Crippen LogP) is 4.89. The largest absolute Gasteiger partial charge is 0.486 e. The summed E-state index contributed by atoms with van der Waals surface area (Å²) in [5, 5.41) is 2.90. The average Bonchev–Trinajstić information content (AvgIpc) is 2.99. The second-order valence-corrected chi connectivity index (χ2v) is 12.7. The van der Waals surface area contributed by atoms with Gasteiger partial charge in [0.1, 0.15) is 31.6 Å². The Bertz CT molecular complexity index is 1520. The van der Waals surface area contributed by atoms with E-state index in [1.54, 1.807) is 6.92 Å². The fraction of sp³-hybridized carbons (Fsp3) is 0.333. The summed E-state index contributed by atoms with van der Waals surface area (Å²) in [4.78, 5) is 28.3. The van der Waals surface area contributed by atoms with Crippen molar-refractivity contribution in [2.75, 3.05) is 24.1 Å². The molecule has 42 heavy (non-hydrogen) atoms. The van der Waals surface area contributed by atoms with Crippen LogP contribution in [0.1, 0.15) is 32.8 Å². The molecule has 4 rings (SSSR count). The Morgan fingerprint density at radius 3 is 2.26 bits per heavy atom. The molecular formula is C30H33BrFN3O6S. The maximum atomic E-state index is 14.0. The van der Waals surface area contributed by atoms with Gasteiger partial charge in [-0.15, -0.1) is 0 Å². The Morgan fingerprint density at radius 2 is 1.62 bits per heavy atom. The molecular weight excluding hydrogens is 629 g/mol. The number of amides is 2. The highest BCUT2D eigenvalue weighted by Crippen LogP contribution is 2.34. The molecule has 0 aromatic heterocycles. The molecule has 224 valence electrons. The minimum absolute atomic E-state index is 0.0581. The van der Waals surface area contributed by atoms with E-state index in [-0.39, 0.29) is 41.4 Å². The number of carbonyl (C=O) groups is 2. The second-order valence-electron chi connectivity index (χ2n) is 9.94. The van der Waals surface area contributed by atoms with Gasteiger partial charge in [0, 0.05) is 23.1 Å². The monoisotopic (exact) mass is 661 g/mol. The first-order valence-electron chi connectivity index (χ1n) is 13.5. The van der Waals surface area contributed by atoms with Crippen LogP contribution >= 0.6 is 15.9 Å². The zero-order valence-corrected chi connectivity index (χ0v) is 26.0. The lowest BCUT2D eigenvalue weighted by Gasteiger charge is -2.32. The number of hydrogen-bond acceptors (Lipinski definition) is 6. The van der Waals surface area contributed by atoms with Gasteiger partial charge in [-0.1, -0.05) is 35.0 Å². The van der Waals surface area contributed by atoms with Crippen molar-refractivity contribution in [3.63, 3.8) is 0 Å². The third kappa shape index (κ3) is 7.40. The maximum absolute atomic E-state index is 14.0. The van der Waals surface area contributed by atoms with Crippen molar-refractivity contribution < 1.29 is 31.9 Å². The van der Waals surface area contributed by atoms with Gasteiger partial charge in [0.25, 0.3) is 10.0 Å². The van der Waals surface area contributed by atoms with Gasteiger partial charge in [-0.25, -0.2) is 12.8 Å². The smallest absolute Gasteiger partial charge is 0.264 e. The third-order valence-electron chi connectivity index (χ3n) is 6.93. The van der Waals surface area contributed by atoms with Crippen LogP contribution in [0.4, 0.5) is 10.1 Å². The van der Waals surface area contributed by atoms with Gasteiger partial charge in [-0.05, 0) is 74.4 Å². The SMILES string of the molecule is CC[C@H](C)NC(=O)[C@@H](C)N(Cc1ccc(Br)cc1)C(=O)CN(c1ccc(F)cc1)S(=O)(=O)c1ccc2c(c1)OCCO2. The summed E-state index contributed by atoms with van der Waals surface area (Å²) < 4.78 is 54.7. The zero-order valence-electron chi connectivity index (χ0n) is 23.5. The fourth-order valence-corrected chi connectivity index (χ4v) is 5.98. The normalized spacial score (nSPS) is 14.0. The first kappa shape index (κ1) is 31.3. The topological polar surface area (TPSA) is 105 Å². The van der Waals surface area contributed by atoms with Gasteiger partial charge in [-0.3, -0.25) is 13.9 Å². The molecule has 0 spiro atoms. The molecule has 1 heterocycles. The third-order valence-corrected chi connectivity index (χ3v) is 9.23. The average molecular weight is 663 g/mol. The van der Waals surface area contributed by atoms with Crippen molar-refractivity contribution in [2.45, 2.75) is 50.7 Å². The predicted molar refractivity (Wildman–Crippen MR) is 160 cm³/mol. The number of benzene rings is 3. The molecule has 3 aromatic rings. The van der Waals surface area contributed by atoms with Gasteiger partial charge < -0.3 is 19.7 Å². The summed E-state index contributed by atoms with van der Waals surface area (Å²) in [5.74, 6) is -0.867. The maximum Gasteiger partial charge on any atom is 0.264 e. The van der Waals surface area contributed by atoms with Crippen molar-refractivity contribution in [1.29, 1.82) is 0 Å². The number of hydrogen-bond donors (Lipinski definition) is 1. The van der Waals surface area contributed by atoms with Crippen molar-refractivity contribution in [1.82, 2.24) is 10.2 Å². The molecule has 1 aliphatic heterocycles. The van der Waals surface area contributed by atoms with Crippen LogP contribution in [0.5, 0.6) is 11.5 Å². The Balaban J connectivity index is 1.71. The van der Waals surface area contributed by atoms with Crippen LogP contribution in [0.3, 0.4) is 0 Å². The first-order valence-corrected chi connectivity index (χ1v) is 15.7. The van der Waals surface area contributed by atoms with Crippen molar-refractivity contribution in [3.8, 4) is 11.5 Å². The lowest BCUT2D eigenvalue weighted by molar-refractivity contribution is -0.139. The van der Waals surface area contributed by atoms with Crippen LogP contribution in [-0.2, 0) is 26.2 Å². The molecule has 2 amide bonds. The number of ether oxygens (including phenoxy) is 2. The van der Waals surface area contributed by atoms with E-state index in [0.717, 1.165) is 26.5 Å². The summed E-state index contributed by atoms with van der Waals surface area (Å²) in [5.41, 5.74) is 0.831. The summed E-state index contributed by atoms with van der Waals surface area (Å²) in [6, 6.07) is 15.2. The standard InChI is InChI=1S/C30H33BrFN3O6S/c1-4-20(2)33-30(37)21(3)34(18-22-5-7-23(31)8-6-22)29(36)19-35(25-11-9-24(32)10-12-25)42(38,39)26-13-14-27-28(17-26)41-16-15-40-27/h5-14,17,20-21H,4,15-16,18-19H2,1-3H3,(H,33,37)/t20-,21+/m0/s1. The van der Waals surface area contributed by atoms with E-state index in [1.165, 1.54) is 35.2 Å². The molecule has 0 fully saturated rings. The van der Waals surface area contributed by atoms with E-state index in [2.05, 4.69) is 21.2 Å². The highest BCUT2D eigenvalue weighted by atomic mass is 79.9. The number of rotatable bonds is 11. The van der Waals surface area contributed by atoms with E-state index in [4.69, 9.17) is 9.47 Å². The van der Waals surface area contributed by atoms with Gasteiger partial charge in [0.2, 0.25) is 11.8 Å². The number of sulfonamides is 1. The lowest BCUT2D eigenvalue weighted by atomic mass is 10.1. The summed E-state index contributed by atoms with van der Waals surface area (Å²) in [6.07, 6.45) is 0.700. The highest BCUT2D eigenvalue weighted by Gasteiger charge is 2.33. The van der Waals surface area contributed by atoms with Crippen molar-refractivity contribution in [3.05, 3.63) is 82.6 Å². The van der Waals surface area contributed by atoms with Gasteiger partial charge in [0.15, 0.2) is 11.5 Å². The van der Waals surface area contributed by atoms with Crippen LogP contribution in [0.25, 0.3) is 0 Å². The molecule has 3 aromatic carbocycles. The molecule has 1 aliphatic rings. The second kappa shape index (κ2) is 13.6. The molecule has 0 saturated heterocycles. The molecule has 0 aliphatic carbocycles. The Hall–Kier alpha value is -3.64. The number of fused-ring (bicyclic) bond motifs is 1. The summed E-state index contributed by atoms with van der Waals surface area (Å²) >= 11 is 3.40. The van der Waals surface area contributed by atoms with E-state index in [9.17, 15) is 22.4 Å². The minimum atomic E-state index is -4.36. The number of nitrogens with one attached hydrogen (secondary N) is 1. The highest BCUT2D eigenvalue weighted by molar-refractivity contribution is 9.10. The van der Waals surface area contributed by atoms with Gasteiger partial charge in [-0.2, -0.15) is 0 Å². The number of halogens is 2. The van der Waals surface area contributed by atoms with Crippen LogP contribution in [-0.4, -0.2) is 57.0 Å². The lowest BCUT2D eigenvalue weighted by Crippen LogP contribution is -2.52. The molecule has 9 nitrogen and oxygen atoms in total. The molecule has 0 saturated carbocycles. The van der Waals surface area contributed by atoms with Crippen LogP contribution in [0, 0.1) is 5.82 Å². The molecule has 1 N–H and O–H groups in total. The van der Waals surface area contributed by atoms with E-state index >= 15 is 0 Å². The number of nitrogens with zero attached hydrogens (tertiary/aromatic N) is 2. The molecule has 0 unspecified atom stereocenters. The van der Waals surface area contributed by atoms with E-state index in [0.29, 0.717) is 18.8 Å². The fourth-order valence-electron chi connectivity index (χ4n) is 4.28. The van der Waals surface area contributed by atoms with Gasteiger partial charge >= 0.3 is 0 Å². The van der Waals surface area contributed by atoms with Gasteiger partial charge in [0.05, 0.1) is 10.6 Å². The molecule has 2 atom stereocenters. The summed E-state index contributed by atoms with van der Waals surface area (Å²) in [6.45, 7) is 5.42. The molecule has 12 heteroatoms. The van der Waals surface area contributed by atoms with E-state index in [1.807, 2.05) is 38.1 Å². The molecule has 0 bridgehead atoms. The van der Waals surface area contributed by atoms with E-state index < -0.39 is 34.3 Å². The number of carbonyl (C=O) groups excluding carboxylic acids is 2. The van der Waals surface area contributed by atoms with Crippen LogP contribution < -0.4 is 19.1 Å². The first-order chi connectivity index (χ1) is 20.0. The quantitative estimate of drug-likeness (QED) is 0.314. The molecule has 0 radical (unpaired) electrons. The Morgan fingerprint density at radius 1 is 0.976 bits per heavy atom. The van der Waals surface area contributed by atoms with Crippen molar-refractivity contribution in [2.24, 2.45) is 0 Å². The minimum Gasteiger partial charge on any atom is -0.486 e.